The number of hydrogen-bond donors (Lipinski definition) is 2. The molecule has 3 N–H and O–H groups in total. The zero-order valence-corrected chi connectivity index (χ0v) is 10.3. The van der Waals surface area contributed by atoms with E-state index in [4.69, 9.17) is 5.73 Å². The highest BCUT2D eigenvalue weighted by atomic mass is 16.2. The number of carbonyl (C=O) groups is 1. The third-order valence-corrected chi connectivity index (χ3v) is 2.88. The first kappa shape index (κ1) is 12.7. The molecule has 0 saturated carbocycles. The van der Waals surface area contributed by atoms with E-state index in [1.807, 2.05) is 27.8 Å². The van der Waals surface area contributed by atoms with Crippen LogP contribution < -0.4 is 11.1 Å². The fourth-order valence-electron chi connectivity index (χ4n) is 1.52. The lowest BCUT2D eigenvalue weighted by molar-refractivity contribution is -0.123. The summed E-state index contributed by atoms with van der Waals surface area (Å²) in [6, 6.07) is -0.488. The van der Waals surface area contributed by atoms with Crippen LogP contribution in [-0.2, 0) is 11.8 Å². The Balaban J connectivity index is 2.69. The van der Waals surface area contributed by atoms with Crippen molar-refractivity contribution in [2.75, 3.05) is 0 Å². The normalized spacial score (nSPS) is 14.6. The third kappa shape index (κ3) is 2.61. The van der Waals surface area contributed by atoms with Crippen LogP contribution in [0, 0.1) is 6.92 Å². The van der Waals surface area contributed by atoms with Crippen LogP contribution in [0.3, 0.4) is 0 Å². The summed E-state index contributed by atoms with van der Waals surface area (Å²) >= 11 is 0. The Morgan fingerprint density at radius 2 is 2.31 bits per heavy atom. The zero-order chi connectivity index (χ0) is 12.3. The minimum absolute atomic E-state index is 0.0567. The van der Waals surface area contributed by atoms with Gasteiger partial charge in [0.15, 0.2) is 0 Å². The summed E-state index contributed by atoms with van der Waals surface area (Å²) in [5.41, 5.74) is 7.73. The van der Waals surface area contributed by atoms with Crippen LogP contribution in [0.2, 0.25) is 0 Å². The Labute approximate surface area is 96.0 Å². The first-order chi connectivity index (χ1) is 7.47. The van der Waals surface area contributed by atoms with E-state index in [0.717, 1.165) is 11.3 Å². The minimum atomic E-state index is -0.431. The molecule has 0 spiro atoms. The van der Waals surface area contributed by atoms with Gasteiger partial charge in [-0.25, -0.2) is 0 Å². The fraction of sp³-hybridized carbons (Fsp3) is 0.636. The van der Waals surface area contributed by atoms with Gasteiger partial charge < -0.3 is 11.1 Å². The maximum Gasteiger partial charge on any atom is 0.237 e. The number of hydrogen-bond acceptors (Lipinski definition) is 3. The number of nitrogens with one attached hydrogen (secondary N) is 1. The smallest absolute Gasteiger partial charge is 0.237 e. The van der Waals surface area contributed by atoms with E-state index in [0.29, 0.717) is 6.42 Å². The van der Waals surface area contributed by atoms with E-state index >= 15 is 0 Å². The Hall–Kier alpha value is -1.36. The molecule has 0 aliphatic heterocycles. The second-order valence-corrected chi connectivity index (χ2v) is 4.05. The van der Waals surface area contributed by atoms with E-state index in [-0.39, 0.29) is 11.9 Å². The molecule has 5 nitrogen and oxygen atoms in total. The van der Waals surface area contributed by atoms with Crippen molar-refractivity contribution in [2.24, 2.45) is 12.8 Å². The number of rotatable bonds is 4. The topological polar surface area (TPSA) is 72.9 Å². The highest BCUT2D eigenvalue weighted by Gasteiger charge is 2.17. The lowest BCUT2D eigenvalue weighted by atomic mass is 10.1. The molecule has 0 bridgehead atoms. The van der Waals surface area contributed by atoms with Crippen molar-refractivity contribution in [2.45, 2.75) is 39.3 Å². The van der Waals surface area contributed by atoms with E-state index in [2.05, 4.69) is 10.4 Å². The molecular weight excluding hydrogens is 204 g/mol. The van der Waals surface area contributed by atoms with Gasteiger partial charge in [0.25, 0.3) is 0 Å². The lowest BCUT2D eigenvalue weighted by Gasteiger charge is -2.16. The van der Waals surface area contributed by atoms with Gasteiger partial charge in [-0.3, -0.25) is 9.48 Å². The standard InChI is InChI=1S/C11H20N4O/c1-5-10(12)11(16)14-7(2)9-6-13-15(4)8(9)3/h6-7,10H,5,12H2,1-4H3,(H,14,16)/t7?,10-/m0/s1. The molecule has 90 valence electrons. The summed E-state index contributed by atoms with van der Waals surface area (Å²) in [6.45, 7) is 5.80. The number of aromatic nitrogens is 2. The molecule has 0 saturated heterocycles. The van der Waals surface area contributed by atoms with Crippen LogP contribution in [0.4, 0.5) is 0 Å². The second-order valence-electron chi connectivity index (χ2n) is 4.05. The maximum absolute atomic E-state index is 11.6. The molecule has 1 unspecified atom stereocenters. The summed E-state index contributed by atoms with van der Waals surface area (Å²) in [6.07, 6.45) is 2.42. The first-order valence-corrected chi connectivity index (χ1v) is 5.51. The molecular formula is C11H20N4O. The van der Waals surface area contributed by atoms with Gasteiger partial charge in [-0.15, -0.1) is 0 Å². The third-order valence-electron chi connectivity index (χ3n) is 2.88. The van der Waals surface area contributed by atoms with Crippen LogP contribution in [0.1, 0.15) is 37.6 Å². The number of amides is 1. The molecule has 1 aromatic rings. The van der Waals surface area contributed by atoms with Crippen LogP contribution in [0.5, 0.6) is 0 Å². The molecule has 0 aliphatic carbocycles. The SMILES string of the molecule is CC[C@H](N)C(=O)NC(C)c1cnn(C)c1C. The second kappa shape index (κ2) is 5.12. The van der Waals surface area contributed by atoms with Crippen molar-refractivity contribution < 1.29 is 4.79 Å². The number of aryl methyl sites for hydroxylation is 1. The molecule has 0 aromatic carbocycles. The van der Waals surface area contributed by atoms with Crippen molar-refractivity contribution in [3.8, 4) is 0 Å². The summed E-state index contributed by atoms with van der Waals surface area (Å²) in [4.78, 5) is 11.6. The van der Waals surface area contributed by atoms with Crippen LogP contribution >= 0.6 is 0 Å². The van der Waals surface area contributed by atoms with Gasteiger partial charge in [0, 0.05) is 18.3 Å². The minimum Gasteiger partial charge on any atom is -0.348 e. The predicted molar refractivity (Wildman–Crippen MR) is 62.8 cm³/mol. The van der Waals surface area contributed by atoms with E-state index in [1.54, 1.807) is 10.9 Å². The maximum atomic E-state index is 11.6. The Bertz CT molecular complexity index is 372. The zero-order valence-electron chi connectivity index (χ0n) is 10.3. The van der Waals surface area contributed by atoms with Gasteiger partial charge in [0.1, 0.15) is 0 Å². The van der Waals surface area contributed by atoms with Gasteiger partial charge in [-0.2, -0.15) is 5.10 Å². The first-order valence-electron chi connectivity index (χ1n) is 5.51. The monoisotopic (exact) mass is 224 g/mol. The molecule has 1 aromatic heterocycles. The number of carbonyl (C=O) groups excluding carboxylic acids is 1. The van der Waals surface area contributed by atoms with Gasteiger partial charge in [-0.1, -0.05) is 6.92 Å². The average molecular weight is 224 g/mol. The molecule has 1 amide bonds. The Kier molecular flexibility index (Phi) is 4.06. The van der Waals surface area contributed by atoms with Crippen molar-refractivity contribution in [1.29, 1.82) is 0 Å². The molecule has 0 aliphatic rings. The lowest BCUT2D eigenvalue weighted by Crippen LogP contribution is -2.41. The number of nitrogens with zero attached hydrogens (tertiary/aromatic N) is 2. The van der Waals surface area contributed by atoms with Crippen molar-refractivity contribution in [3.63, 3.8) is 0 Å². The fourth-order valence-corrected chi connectivity index (χ4v) is 1.52. The summed E-state index contributed by atoms with van der Waals surface area (Å²) in [5, 5.41) is 7.03. The molecule has 0 radical (unpaired) electrons. The van der Waals surface area contributed by atoms with Gasteiger partial charge in [-0.05, 0) is 20.3 Å². The van der Waals surface area contributed by atoms with Crippen molar-refractivity contribution >= 4 is 5.91 Å². The van der Waals surface area contributed by atoms with Gasteiger partial charge in [0.2, 0.25) is 5.91 Å². The van der Waals surface area contributed by atoms with Gasteiger partial charge in [0.05, 0.1) is 18.3 Å². The Morgan fingerprint density at radius 3 is 2.75 bits per heavy atom. The number of nitrogens with two attached hydrogens (primary N) is 1. The van der Waals surface area contributed by atoms with Crippen molar-refractivity contribution in [3.05, 3.63) is 17.5 Å². The predicted octanol–water partition coefficient (Wildman–Crippen LogP) is 0.643. The highest BCUT2D eigenvalue weighted by molar-refractivity contribution is 5.81. The van der Waals surface area contributed by atoms with Crippen LogP contribution in [0.25, 0.3) is 0 Å². The largest absolute Gasteiger partial charge is 0.348 e. The average Bonchev–Trinajstić information content (AvgIpc) is 2.58. The van der Waals surface area contributed by atoms with E-state index < -0.39 is 6.04 Å². The summed E-state index contributed by atoms with van der Waals surface area (Å²) in [5.74, 6) is -0.113. The molecule has 1 heterocycles. The van der Waals surface area contributed by atoms with Crippen molar-refractivity contribution in [1.82, 2.24) is 15.1 Å². The summed E-state index contributed by atoms with van der Waals surface area (Å²) in [7, 11) is 1.88. The molecule has 2 atom stereocenters. The molecule has 5 heteroatoms. The quantitative estimate of drug-likeness (QED) is 0.788. The molecule has 0 fully saturated rings. The van der Waals surface area contributed by atoms with Crippen LogP contribution in [0.15, 0.2) is 6.20 Å². The van der Waals surface area contributed by atoms with E-state index in [9.17, 15) is 4.79 Å². The Morgan fingerprint density at radius 1 is 1.69 bits per heavy atom. The molecule has 1 rings (SSSR count). The van der Waals surface area contributed by atoms with E-state index in [1.165, 1.54) is 0 Å². The van der Waals surface area contributed by atoms with Gasteiger partial charge >= 0.3 is 0 Å². The van der Waals surface area contributed by atoms with Crippen LogP contribution in [-0.4, -0.2) is 21.7 Å². The summed E-state index contributed by atoms with van der Waals surface area (Å²) < 4.78 is 1.79. The molecule has 16 heavy (non-hydrogen) atoms. The highest BCUT2D eigenvalue weighted by Crippen LogP contribution is 2.15.